The lowest BCUT2D eigenvalue weighted by Crippen LogP contribution is -2.31. The summed E-state index contributed by atoms with van der Waals surface area (Å²) < 4.78 is 10.5. The highest BCUT2D eigenvalue weighted by Crippen LogP contribution is 2.15. The molecule has 0 saturated heterocycles. The minimum atomic E-state index is -1.02. The van der Waals surface area contributed by atoms with Gasteiger partial charge in [-0.1, -0.05) is 20.3 Å². The Labute approximate surface area is 81.9 Å². The summed E-state index contributed by atoms with van der Waals surface area (Å²) in [6, 6.07) is 0. The molecule has 0 heterocycles. The van der Waals surface area contributed by atoms with Crippen LogP contribution in [-0.4, -0.2) is 34.1 Å². The van der Waals surface area contributed by atoms with E-state index in [0.717, 1.165) is 0 Å². The molecule has 0 saturated carbocycles. The predicted octanol–water partition coefficient (Wildman–Crippen LogP) is 2.23. The minimum absolute atomic E-state index is 0.525. The van der Waals surface area contributed by atoms with Gasteiger partial charge in [-0.2, -0.15) is 11.8 Å². The lowest BCUT2D eigenvalue weighted by molar-refractivity contribution is 0.277. The van der Waals surface area contributed by atoms with Gasteiger partial charge in [-0.3, -0.25) is 0 Å². The van der Waals surface area contributed by atoms with Crippen molar-refractivity contribution >= 4 is 21.0 Å². The van der Waals surface area contributed by atoms with E-state index in [1.807, 2.05) is 11.8 Å². The number of unbranched alkanes of at least 4 members (excludes halogenated alkanes) is 1. The second kappa shape index (κ2) is 8.10. The number of thioether (sulfide) groups is 1. The van der Waals surface area contributed by atoms with Crippen LogP contribution in [-0.2, 0) is 8.85 Å². The molecule has 1 unspecified atom stereocenters. The van der Waals surface area contributed by atoms with Crippen LogP contribution in [0.5, 0.6) is 0 Å². The standard InChI is InChI=1S/C8H19O2SSi/c1-5-6-7-11-8(2)12(9-3)10-4/h8H,5-7H2,1-4H3. The molecule has 0 aromatic rings. The van der Waals surface area contributed by atoms with Gasteiger partial charge in [-0.15, -0.1) is 0 Å². The zero-order valence-electron chi connectivity index (χ0n) is 8.42. The Balaban J connectivity index is 3.47. The van der Waals surface area contributed by atoms with E-state index < -0.39 is 9.28 Å². The van der Waals surface area contributed by atoms with Crippen LogP contribution in [0.3, 0.4) is 0 Å². The van der Waals surface area contributed by atoms with Gasteiger partial charge in [0, 0.05) is 19.1 Å². The van der Waals surface area contributed by atoms with Gasteiger partial charge in [0.25, 0.3) is 0 Å². The van der Waals surface area contributed by atoms with E-state index >= 15 is 0 Å². The highest BCUT2D eigenvalue weighted by Gasteiger charge is 2.21. The van der Waals surface area contributed by atoms with E-state index in [0.29, 0.717) is 4.87 Å². The summed E-state index contributed by atoms with van der Waals surface area (Å²) in [4.78, 5) is 0.525. The molecular formula is C8H19O2SSi. The number of hydrogen-bond donors (Lipinski definition) is 0. The summed E-state index contributed by atoms with van der Waals surface area (Å²) in [5, 5.41) is 0. The van der Waals surface area contributed by atoms with E-state index in [1.54, 1.807) is 14.2 Å². The van der Waals surface area contributed by atoms with E-state index in [1.165, 1.54) is 18.6 Å². The predicted molar refractivity (Wildman–Crippen MR) is 56.6 cm³/mol. The molecule has 12 heavy (non-hydrogen) atoms. The van der Waals surface area contributed by atoms with Crippen molar-refractivity contribution in [1.29, 1.82) is 0 Å². The molecular weight excluding hydrogens is 188 g/mol. The van der Waals surface area contributed by atoms with Crippen molar-refractivity contribution in [2.24, 2.45) is 0 Å². The van der Waals surface area contributed by atoms with Crippen LogP contribution in [0.4, 0.5) is 0 Å². The average molecular weight is 207 g/mol. The quantitative estimate of drug-likeness (QED) is 0.471. The third kappa shape index (κ3) is 5.19. The molecule has 1 radical (unpaired) electrons. The monoisotopic (exact) mass is 207 g/mol. The van der Waals surface area contributed by atoms with Gasteiger partial charge >= 0.3 is 9.28 Å². The van der Waals surface area contributed by atoms with E-state index in [2.05, 4.69) is 13.8 Å². The largest absolute Gasteiger partial charge is 0.398 e. The third-order valence-electron chi connectivity index (χ3n) is 1.60. The molecule has 0 aromatic carbocycles. The van der Waals surface area contributed by atoms with Gasteiger partial charge in [0.1, 0.15) is 0 Å². The fourth-order valence-corrected chi connectivity index (χ4v) is 4.00. The van der Waals surface area contributed by atoms with Crippen molar-refractivity contribution in [1.82, 2.24) is 0 Å². The summed E-state index contributed by atoms with van der Waals surface area (Å²) >= 11 is 1.95. The molecule has 0 aromatic heterocycles. The van der Waals surface area contributed by atoms with E-state index in [4.69, 9.17) is 8.85 Å². The van der Waals surface area contributed by atoms with Crippen LogP contribution < -0.4 is 0 Å². The highest BCUT2D eigenvalue weighted by molar-refractivity contribution is 8.01. The summed E-state index contributed by atoms with van der Waals surface area (Å²) in [6.07, 6.45) is 2.55. The molecule has 4 heteroatoms. The lowest BCUT2D eigenvalue weighted by atomic mass is 10.4. The molecule has 0 spiro atoms. The Kier molecular flexibility index (Phi) is 8.43. The van der Waals surface area contributed by atoms with Crippen molar-refractivity contribution in [3.63, 3.8) is 0 Å². The zero-order valence-corrected chi connectivity index (χ0v) is 10.2. The molecule has 73 valence electrons. The van der Waals surface area contributed by atoms with Crippen LogP contribution in [0.15, 0.2) is 0 Å². The molecule has 1 atom stereocenters. The van der Waals surface area contributed by atoms with Crippen LogP contribution in [0.1, 0.15) is 26.7 Å². The molecule has 0 fully saturated rings. The van der Waals surface area contributed by atoms with Gasteiger partial charge in [0.2, 0.25) is 0 Å². The minimum Gasteiger partial charge on any atom is -0.396 e. The smallest absolute Gasteiger partial charge is 0.396 e. The van der Waals surface area contributed by atoms with Crippen molar-refractivity contribution in [2.75, 3.05) is 20.0 Å². The first-order valence-electron chi connectivity index (χ1n) is 4.32. The van der Waals surface area contributed by atoms with E-state index in [-0.39, 0.29) is 0 Å². The number of rotatable bonds is 7. The molecule has 0 bridgehead atoms. The van der Waals surface area contributed by atoms with Crippen molar-refractivity contribution in [3.05, 3.63) is 0 Å². The van der Waals surface area contributed by atoms with Gasteiger partial charge in [0.05, 0.1) is 0 Å². The summed E-state index contributed by atoms with van der Waals surface area (Å²) in [7, 11) is 2.44. The van der Waals surface area contributed by atoms with Crippen LogP contribution in [0.25, 0.3) is 0 Å². The first-order chi connectivity index (χ1) is 5.76. The SMILES string of the molecule is CCCCSC(C)[Si](OC)OC. The lowest BCUT2D eigenvalue weighted by Gasteiger charge is -2.16. The van der Waals surface area contributed by atoms with Crippen LogP contribution in [0.2, 0.25) is 0 Å². The fourth-order valence-electron chi connectivity index (χ4n) is 0.888. The topological polar surface area (TPSA) is 18.5 Å². The maximum absolute atomic E-state index is 5.25. The third-order valence-corrected chi connectivity index (χ3v) is 5.17. The van der Waals surface area contributed by atoms with Crippen LogP contribution >= 0.6 is 11.8 Å². The molecule has 0 aliphatic rings. The van der Waals surface area contributed by atoms with Crippen molar-refractivity contribution < 1.29 is 8.85 Å². The maximum atomic E-state index is 5.25. The molecule has 0 N–H and O–H groups in total. The molecule has 0 aliphatic heterocycles. The summed E-state index contributed by atoms with van der Waals surface area (Å²) in [5.74, 6) is 1.22. The highest BCUT2D eigenvalue weighted by atomic mass is 32.2. The maximum Gasteiger partial charge on any atom is 0.398 e. The molecule has 2 nitrogen and oxygen atoms in total. The van der Waals surface area contributed by atoms with Gasteiger partial charge in [0.15, 0.2) is 0 Å². The first kappa shape index (κ1) is 12.5. The first-order valence-corrected chi connectivity index (χ1v) is 6.76. The van der Waals surface area contributed by atoms with E-state index in [9.17, 15) is 0 Å². The van der Waals surface area contributed by atoms with Crippen molar-refractivity contribution in [3.8, 4) is 0 Å². The summed E-state index contributed by atoms with van der Waals surface area (Å²) in [6.45, 7) is 4.39. The zero-order chi connectivity index (χ0) is 9.40. The Morgan fingerprint density at radius 2 is 1.92 bits per heavy atom. The molecule has 0 rings (SSSR count). The van der Waals surface area contributed by atoms with Crippen molar-refractivity contribution in [2.45, 2.75) is 31.6 Å². The Hall–Kier alpha value is 0.487. The van der Waals surface area contributed by atoms with Gasteiger partial charge in [-0.25, -0.2) is 0 Å². The fraction of sp³-hybridized carbons (Fsp3) is 1.00. The summed E-state index contributed by atoms with van der Waals surface area (Å²) in [5.41, 5.74) is 0. The molecule has 0 amide bonds. The second-order valence-electron chi connectivity index (χ2n) is 2.59. The normalized spacial score (nSPS) is 13.8. The Morgan fingerprint density at radius 1 is 1.33 bits per heavy atom. The average Bonchev–Trinajstić information content (AvgIpc) is 2.07. The van der Waals surface area contributed by atoms with Gasteiger partial charge in [-0.05, 0) is 12.2 Å². The molecule has 0 aliphatic carbocycles. The Morgan fingerprint density at radius 3 is 2.33 bits per heavy atom. The van der Waals surface area contributed by atoms with Gasteiger partial charge < -0.3 is 8.85 Å². The second-order valence-corrected chi connectivity index (χ2v) is 6.78. The Bertz CT molecular complexity index is 99.1. The van der Waals surface area contributed by atoms with Crippen LogP contribution in [0, 0.1) is 0 Å². The number of hydrogen-bond acceptors (Lipinski definition) is 3.